The van der Waals surface area contributed by atoms with E-state index in [9.17, 15) is 0 Å². The number of nitrogens with one attached hydrogen (secondary N) is 2. The van der Waals surface area contributed by atoms with Crippen LogP contribution in [0.4, 0.5) is 0 Å². The fourth-order valence-electron chi connectivity index (χ4n) is 3.83. The molecule has 3 aliphatic heterocycles. The summed E-state index contributed by atoms with van der Waals surface area (Å²) >= 11 is 2.07. The number of rotatable bonds is 7. The topological polar surface area (TPSA) is 61.4 Å². The Bertz CT molecular complexity index is 433. The second-order valence-corrected chi connectivity index (χ2v) is 8.31. The Morgan fingerprint density at radius 1 is 1.08 bits per heavy atom. The highest BCUT2D eigenvalue weighted by Gasteiger charge is 2.40. The Morgan fingerprint density at radius 2 is 1.81 bits per heavy atom. The van der Waals surface area contributed by atoms with Crippen molar-refractivity contribution >= 4 is 17.7 Å². The SMILES string of the molecule is CCNC(=NCC1(N2CCOCC2)CCSC1)NCCN1CCOCC1. The second-order valence-electron chi connectivity index (χ2n) is 7.20. The molecule has 0 bridgehead atoms. The summed E-state index contributed by atoms with van der Waals surface area (Å²) in [6, 6.07) is 0. The molecule has 3 saturated heterocycles. The maximum atomic E-state index is 5.56. The number of nitrogens with zero attached hydrogens (tertiary/aromatic N) is 3. The van der Waals surface area contributed by atoms with Crippen molar-refractivity contribution in [1.82, 2.24) is 20.4 Å². The van der Waals surface area contributed by atoms with E-state index in [1.165, 1.54) is 17.9 Å². The van der Waals surface area contributed by atoms with E-state index in [2.05, 4.69) is 39.1 Å². The van der Waals surface area contributed by atoms with Crippen LogP contribution in [-0.2, 0) is 9.47 Å². The van der Waals surface area contributed by atoms with Gasteiger partial charge in [0.05, 0.1) is 38.5 Å². The molecule has 2 N–H and O–H groups in total. The van der Waals surface area contributed by atoms with Crippen molar-refractivity contribution in [1.29, 1.82) is 0 Å². The first-order chi connectivity index (χ1) is 12.8. The smallest absolute Gasteiger partial charge is 0.191 e. The first kappa shape index (κ1) is 20.2. The molecule has 0 spiro atoms. The van der Waals surface area contributed by atoms with Gasteiger partial charge >= 0.3 is 0 Å². The van der Waals surface area contributed by atoms with Crippen LogP contribution in [0.1, 0.15) is 13.3 Å². The molecule has 0 saturated carbocycles. The molecule has 0 radical (unpaired) electrons. The van der Waals surface area contributed by atoms with Gasteiger partial charge in [0.15, 0.2) is 5.96 Å². The molecule has 3 fully saturated rings. The van der Waals surface area contributed by atoms with Gasteiger partial charge in [-0.2, -0.15) is 11.8 Å². The van der Waals surface area contributed by atoms with Crippen molar-refractivity contribution in [2.24, 2.45) is 4.99 Å². The highest BCUT2D eigenvalue weighted by atomic mass is 32.2. The van der Waals surface area contributed by atoms with Gasteiger partial charge in [-0.3, -0.25) is 14.8 Å². The van der Waals surface area contributed by atoms with Crippen LogP contribution < -0.4 is 10.6 Å². The van der Waals surface area contributed by atoms with Crippen LogP contribution in [0.3, 0.4) is 0 Å². The van der Waals surface area contributed by atoms with Gasteiger partial charge in [0.1, 0.15) is 0 Å². The number of aliphatic imine (C=N–C) groups is 1. The van der Waals surface area contributed by atoms with Gasteiger partial charge in [-0.1, -0.05) is 0 Å². The van der Waals surface area contributed by atoms with Crippen LogP contribution >= 0.6 is 11.8 Å². The molecular formula is C18H35N5O2S. The molecule has 8 heteroatoms. The third-order valence-corrected chi connectivity index (χ3v) is 6.70. The molecule has 150 valence electrons. The largest absolute Gasteiger partial charge is 0.379 e. The van der Waals surface area contributed by atoms with Gasteiger partial charge in [-0.25, -0.2) is 0 Å². The van der Waals surface area contributed by atoms with Crippen molar-refractivity contribution in [2.45, 2.75) is 18.9 Å². The minimum atomic E-state index is 0.209. The summed E-state index contributed by atoms with van der Waals surface area (Å²) in [5.74, 6) is 3.38. The average Bonchev–Trinajstić information content (AvgIpc) is 3.18. The van der Waals surface area contributed by atoms with Crippen LogP contribution in [-0.4, -0.2) is 112 Å². The van der Waals surface area contributed by atoms with E-state index in [1.807, 2.05) is 0 Å². The molecule has 0 aromatic rings. The lowest BCUT2D eigenvalue weighted by atomic mass is 9.96. The lowest BCUT2D eigenvalue weighted by molar-refractivity contribution is -0.0104. The van der Waals surface area contributed by atoms with E-state index in [0.717, 1.165) is 84.7 Å². The van der Waals surface area contributed by atoms with Gasteiger partial charge in [-0.15, -0.1) is 0 Å². The number of morpholine rings is 2. The van der Waals surface area contributed by atoms with Crippen molar-refractivity contribution in [3.05, 3.63) is 0 Å². The summed E-state index contributed by atoms with van der Waals surface area (Å²) in [5, 5.41) is 6.93. The van der Waals surface area contributed by atoms with Crippen molar-refractivity contribution < 1.29 is 9.47 Å². The number of ether oxygens (including phenoxy) is 2. The zero-order valence-corrected chi connectivity index (χ0v) is 17.0. The van der Waals surface area contributed by atoms with Gasteiger partial charge < -0.3 is 20.1 Å². The third-order valence-electron chi connectivity index (χ3n) is 5.46. The molecule has 1 atom stereocenters. The summed E-state index contributed by atoms with van der Waals surface area (Å²) in [5.41, 5.74) is 0.209. The molecule has 3 heterocycles. The maximum Gasteiger partial charge on any atom is 0.191 e. The summed E-state index contributed by atoms with van der Waals surface area (Å²) in [6.07, 6.45) is 1.23. The van der Waals surface area contributed by atoms with Crippen LogP contribution in [0, 0.1) is 0 Å². The molecule has 1 unspecified atom stereocenters. The van der Waals surface area contributed by atoms with Crippen LogP contribution in [0.5, 0.6) is 0 Å². The summed E-state index contributed by atoms with van der Waals surface area (Å²) in [7, 11) is 0. The second kappa shape index (κ2) is 10.7. The maximum absolute atomic E-state index is 5.56. The highest BCUT2D eigenvalue weighted by molar-refractivity contribution is 7.99. The highest BCUT2D eigenvalue weighted by Crippen LogP contribution is 2.34. The number of hydrogen-bond donors (Lipinski definition) is 2. The zero-order valence-electron chi connectivity index (χ0n) is 16.2. The first-order valence-electron chi connectivity index (χ1n) is 10.1. The van der Waals surface area contributed by atoms with Crippen LogP contribution in [0.25, 0.3) is 0 Å². The van der Waals surface area contributed by atoms with E-state index >= 15 is 0 Å². The number of guanidine groups is 1. The Balaban J connectivity index is 1.52. The monoisotopic (exact) mass is 385 g/mol. The Labute approximate surface area is 162 Å². The lowest BCUT2D eigenvalue weighted by Gasteiger charge is -2.42. The summed E-state index contributed by atoms with van der Waals surface area (Å²) in [6.45, 7) is 13.4. The molecule has 26 heavy (non-hydrogen) atoms. The molecule has 0 aromatic heterocycles. The molecule has 3 rings (SSSR count). The quantitative estimate of drug-likeness (QED) is 0.475. The predicted molar refractivity (Wildman–Crippen MR) is 108 cm³/mol. The number of thioether (sulfide) groups is 1. The Morgan fingerprint density at radius 3 is 2.46 bits per heavy atom. The van der Waals surface area contributed by atoms with E-state index in [-0.39, 0.29) is 5.54 Å². The minimum Gasteiger partial charge on any atom is -0.379 e. The fraction of sp³-hybridized carbons (Fsp3) is 0.944. The number of hydrogen-bond acceptors (Lipinski definition) is 6. The minimum absolute atomic E-state index is 0.209. The summed E-state index contributed by atoms with van der Waals surface area (Å²) in [4.78, 5) is 10.1. The van der Waals surface area contributed by atoms with E-state index in [1.54, 1.807) is 0 Å². The van der Waals surface area contributed by atoms with Crippen LogP contribution in [0.2, 0.25) is 0 Å². The van der Waals surface area contributed by atoms with E-state index in [4.69, 9.17) is 14.5 Å². The molecule has 3 aliphatic rings. The zero-order chi connectivity index (χ0) is 18.1. The lowest BCUT2D eigenvalue weighted by Crippen LogP contribution is -2.56. The van der Waals surface area contributed by atoms with Gasteiger partial charge in [0, 0.05) is 51.6 Å². The van der Waals surface area contributed by atoms with Crippen molar-refractivity contribution in [3.8, 4) is 0 Å². The van der Waals surface area contributed by atoms with Crippen molar-refractivity contribution in [2.75, 3.05) is 90.3 Å². The normalized spacial score (nSPS) is 29.0. The Hall–Kier alpha value is -0.540. The average molecular weight is 386 g/mol. The first-order valence-corrected chi connectivity index (χ1v) is 11.2. The molecule has 0 aliphatic carbocycles. The van der Waals surface area contributed by atoms with Crippen molar-refractivity contribution in [3.63, 3.8) is 0 Å². The summed E-state index contributed by atoms with van der Waals surface area (Å²) < 4.78 is 11.0. The predicted octanol–water partition coefficient (Wildman–Crippen LogP) is 0.0816. The van der Waals surface area contributed by atoms with Gasteiger partial charge in [0.25, 0.3) is 0 Å². The van der Waals surface area contributed by atoms with E-state index in [0.29, 0.717) is 0 Å². The molecule has 0 aromatic carbocycles. The third kappa shape index (κ3) is 5.73. The van der Waals surface area contributed by atoms with E-state index < -0.39 is 0 Å². The van der Waals surface area contributed by atoms with Gasteiger partial charge in [-0.05, 0) is 19.1 Å². The Kier molecular flexibility index (Phi) is 8.32. The van der Waals surface area contributed by atoms with Crippen LogP contribution in [0.15, 0.2) is 4.99 Å². The molecule has 7 nitrogen and oxygen atoms in total. The van der Waals surface area contributed by atoms with Gasteiger partial charge in [0.2, 0.25) is 0 Å². The standard InChI is InChI=1S/C18H35N5O2S/c1-2-19-17(20-4-5-22-6-10-24-11-7-22)21-15-18(3-14-26-16-18)23-8-12-25-13-9-23/h2-16H2,1H3,(H2,19,20,21). The fourth-order valence-corrected chi connectivity index (χ4v) is 5.30. The molecule has 0 amide bonds. The molecular weight excluding hydrogens is 350 g/mol.